The molecule has 1 aromatic carbocycles. The molecule has 3 rings (SSSR count). The Labute approximate surface area is 117 Å². The van der Waals surface area contributed by atoms with Crippen LogP contribution >= 0.6 is 0 Å². The number of carbonyl (C=O) groups excluding carboxylic acids is 1. The van der Waals surface area contributed by atoms with Crippen molar-refractivity contribution in [1.29, 1.82) is 0 Å². The second-order valence-corrected chi connectivity index (χ2v) is 5.51. The number of rotatable bonds is 1. The Kier molecular flexibility index (Phi) is 3.61. The number of hydrogen-bond donors (Lipinski definition) is 1. The molecule has 20 heavy (non-hydrogen) atoms. The minimum absolute atomic E-state index is 0.0550. The molecule has 4 nitrogen and oxygen atoms in total. The van der Waals surface area contributed by atoms with Crippen molar-refractivity contribution in [2.75, 3.05) is 24.5 Å². The van der Waals surface area contributed by atoms with Crippen molar-refractivity contribution < 1.29 is 13.9 Å². The number of benzene rings is 1. The summed E-state index contributed by atoms with van der Waals surface area (Å²) in [6, 6.07) is 4.37. The third kappa shape index (κ3) is 2.50. The van der Waals surface area contributed by atoms with E-state index in [9.17, 15) is 9.18 Å². The van der Waals surface area contributed by atoms with Crippen molar-refractivity contribution in [1.82, 2.24) is 5.32 Å². The summed E-state index contributed by atoms with van der Waals surface area (Å²) in [6.07, 6.45) is 1.61. The second-order valence-electron chi connectivity index (χ2n) is 5.51. The van der Waals surface area contributed by atoms with Crippen molar-refractivity contribution in [3.63, 3.8) is 0 Å². The first-order valence-corrected chi connectivity index (χ1v) is 7.13. The van der Waals surface area contributed by atoms with Crippen LogP contribution in [0.25, 0.3) is 0 Å². The second kappa shape index (κ2) is 5.40. The lowest BCUT2D eigenvalue weighted by molar-refractivity contribution is -0.123. The van der Waals surface area contributed by atoms with Gasteiger partial charge in [0.2, 0.25) is 5.91 Å². The molecule has 1 aromatic rings. The number of nitrogens with one attached hydrogen (secondary N) is 1. The molecule has 2 aliphatic rings. The van der Waals surface area contributed by atoms with E-state index >= 15 is 0 Å². The Morgan fingerprint density at radius 2 is 2.15 bits per heavy atom. The predicted octanol–water partition coefficient (Wildman–Crippen LogP) is 1.94. The molecule has 0 aliphatic carbocycles. The van der Waals surface area contributed by atoms with Crippen LogP contribution in [0.15, 0.2) is 18.2 Å². The van der Waals surface area contributed by atoms with Crippen LogP contribution in [0.1, 0.15) is 19.8 Å². The van der Waals surface area contributed by atoms with Crippen LogP contribution in [-0.4, -0.2) is 31.6 Å². The number of anilines is 1. The predicted molar refractivity (Wildman–Crippen MR) is 74.4 cm³/mol. The summed E-state index contributed by atoms with van der Waals surface area (Å²) < 4.78 is 18.9. The number of fused-ring (bicyclic) bond motifs is 1. The zero-order chi connectivity index (χ0) is 14.1. The van der Waals surface area contributed by atoms with E-state index in [4.69, 9.17) is 4.74 Å². The largest absolute Gasteiger partial charge is 0.487 e. The van der Waals surface area contributed by atoms with Crippen molar-refractivity contribution in [2.24, 2.45) is 5.92 Å². The van der Waals surface area contributed by atoms with Crippen LogP contribution in [-0.2, 0) is 4.79 Å². The van der Waals surface area contributed by atoms with E-state index in [1.807, 2.05) is 6.92 Å². The Morgan fingerprint density at radius 3 is 2.90 bits per heavy atom. The smallest absolute Gasteiger partial charge is 0.230 e. The first-order chi connectivity index (χ1) is 9.65. The van der Waals surface area contributed by atoms with Crippen LogP contribution in [0.5, 0.6) is 5.75 Å². The van der Waals surface area contributed by atoms with Gasteiger partial charge in [-0.15, -0.1) is 0 Å². The molecule has 0 saturated carbocycles. The maximum absolute atomic E-state index is 13.3. The first kappa shape index (κ1) is 13.4. The van der Waals surface area contributed by atoms with E-state index in [1.54, 1.807) is 11.0 Å². The summed E-state index contributed by atoms with van der Waals surface area (Å²) in [6.45, 7) is 4.19. The number of nitrogens with zero attached hydrogens (tertiary/aromatic N) is 1. The van der Waals surface area contributed by atoms with Crippen LogP contribution in [0.4, 0.5) is 10.1 Å². The Morgan fingerprint density at radius 1 is 1.40 bits per heavy atom. The Hall–Kier alpha value is -1.62. The zero-order valence-corrected chi connectivity index (χ0v) is 11.6. The molecular formula is C15H19FN2O2. The molecule has 0 bridgehead atoms. The van der Waals surface area contributed by atoms with Gasteiger partial charge in [0.1, 0.15) is 17.7 Å². The minimum atomic E-state index is -0.341. The SMILES string of the molecule is CC1CN(C(=O)C2CCNCC2)c2ccc(F)cc2O1. The lowest BCUT2D eigenvalue weighted by atomic mass is 9.96. The molecule has 1 atom stereocenters. The van der Waals surface area contributed by atoms with E-state index in [1.165, 1.54) is 12.1 Å². The lowest BCUT2D eigenvalue weighted by Gasteiger charge is -2.36. The van der Waals surface area contributed by atoms with Gasteiger partial charge >= 0.3 is 0 Å². The summed E-state index contributed by atoms with van der Waals surface area (Å²) in [4.78, 5) is 14.5. The number of piperidine rings is 1. The molecule has 0 spiro atoms. The van der Waals surface area contributed by atoms with Crippen LogP contribution in [0.3, 0.4) is 0 Å². The monoisotopic (exact) mass is 278 g/mol. The van der Waals surface area contributed by atoms with E-state index in [2.05, 4.69) is 5.32 Å². The fourth-order valence-corrected chi connectivity index (χ4v) is 2.91. The van der Waals surface area contributed by atoms with Gasteiger partial charge in [-0.1, -0.05) is 0 Å². The topological polar surface area (TPSA) is 41.6 Å². The first-order valence-electron chi connectivity index (χ1n) is 7.13. The van der Waals surface area contributed by atoms with Gasteiger partial charge in [0.05, 0.1) is 12.2 Å². The number of ether oxygens (including phenoxy) is 1. The van der Waals surface area contributed by atoms with E-state index in [0.717, 1.165) is 25.9 Å². The van der Waals surface area contributed by atoms with Gasteiger partial charge in [-0.25, -0.2) is 4.39 Å². The van der Waals surface area contributed by atoms with Crippen LogP contribution < -0.4 is 15.0 Å². The van der Waals surface area contributed by atoms with E-state index in [0.29, 0.717) is 18.0 Å². The molecular weight excluding hydrogens is 259 g/mol. The average Bonchev–Trinajstić information content (AvgIpc) is 2.46. The summed E-state index contributed by atoms with van der Waals surface area (Å²) >= 11 is 0. The number of carbonyl (C=O) groups is 1. The molecule has 1 amide bonds. The van der Waals surface area contributed by atoms with Crippen LogP contribution in [0, 0.1) is 11.7 Å². The minimum Gasteiger partial charge on any atom is -0.487 e. The lowest BCUT2D eigenvalue weighted by Crippen LogP contribution is -2.47. The van der Waals surface area contributed by atoms with Gasteiger partial charge in [-0.2, -0.15) is 0 Å². The summed E-state index contributed by atoms with van der Waals surface area (Å²) in [7, 11) is 0. The van der Waals surface area contributed by atoms with E-state index < -0.39 is 0 Å². The molecule has 1 saturated heterocycles. The zero-order valence-electron chi connectivity index (χ0n) is 11.6. The molecule has 2 aliphatic heterocycles. The fourth-order valence-electron chi connectivity index (χ4n) is 2.91. The third-order valence-corrected chi connectivity index (χ3v) is 3.93. The van der Waals surface area contributed by atoms with Gasteiger partial charge in [0.25, 0.3) is 0 Å². The number of halogens is 1. The van der Waals surface area contributed by atoms with Crippen molar-refractivity contribution in [2.45, 2.75) is 25.9 Å². The van der Waals surface area contributed by atoms with Gasteiger partial charge in [-0.05, 0) is 45.0 Å². The molecule has 5 heteroatoms. The number of amides is 1. The molecule has 0 radical (unpaired) electrons. The van der Waals surface area contributed by atoms with E-state index in [-0.39, 0.29) is 23.7 Å². The third-order valence-electron chi connectivity index (χ3n) is 3.93. The highest BCUT2D eigenvalue weighted by molar-refractivity contribution is 5.97. The normalized spacial score (nSPS) is 23.1. The quantitative estimate of drug-likeness (QED) is 0.853. The molecule has 108 valence electrons. The highest BCUT2D eigenvalue weighted by atomic mass is 19.1. The highest BCUT2D eigenvalue weighted by Gasteiger charge is 2.32. The molecule has 1 unspecified atom stereocenters. The van der Waals surface area contributed by atoms with Crippen molar-refractivity contribution in [3.8, 4) is 5.75 Å². The summed E-state index contributed by atoms with van der Waals surface area (Å²) in [5.41, 5.74) is 0.688. The maximum Gasteiger partial charge on any atom is 0.230 e. The van der Waals surface area contributed by atoms with Gasteiger partial charge < -0.3 is 15.0 Å². The summed E-state index contributed by atoms with van der Waals surface area (Å²) in [5, 5.41) is 3.26. The molecule has 1 fully saturated rings. The van der Waals surface area contributed by atoms with Gasteiger partial charge in [0, 0.05) is 12.0 Å². The van der Waals surface area contributed by atoms with Crippen molar-refractivity contribution >= 4 is 11.6 Å². The summed E-state index contributed by atoms with van der Waals surface area (Å²) in [5.74, 6) is 0.312. The Bertz CT molecular complexity index is 515. The standard InChI is InChI=1S/C15H19FN2O2/c1-10-9-18(15(19)11-4-6-17-7-5-11)13-3-2-12(16)8-14(13)20-10/h2-3,8,10-11,17H,4-7,9H2,1H3. The number of hydrogen-bond acceptors (Lipinski definition) is 3. The highest BCUT2D eigenvalue weighted by Crippen LogP contribution is 2.35. The van der Waals surface area contributed by atoms with Gasteiger partial charge in [-0.3, -0.25) is 4.79 Å². The Balaban J connectivity index is 1.88. The maximum atomic E-state index is 13.3. The molecule has 0 aromatic heterocycles. The van der Waals surface area contributed by atoms with Crippen molar-refractivity contribution in [3.05, 3.63) is 24.0 Å². The molecule has 2 heterocycles. The average molecular weight is 278 g/mol. The van der Waals surface area contributed by atoms with Crippen LogP contribution in [0.2, 0.25) is 0 Å². The van der Waals surface area contributed by atoms with Gasteiger partial charge in [0.15, 0.2) is 0 Å². The fraction of sp³-hybridized carbons (Fsp3) is 0.533. The molecule has 1 N–H and O–H groups in total.